The van der Waals surface area contributed by atoms with Crippen molar-refractivity contribution in [3.8, 4) is 17.5 Å². The van der Waals surface area contributed by atoms with Gasteiger partial charge in [-0.2, -0.15) is 4.98 Å². The van der Waals surface area contributed by atoms with Crippen LogP contribution in [0.25, 0.3) is 11.4 Å². The molecule has 1 heterocycles. The second-order valence-corrected chi connectivity index (χ2v) is 5.09. The molecule has 0 atom stereocenters. The lowest BCUT2D eigenvalue weighted by atomic mass is 10.2. The first kappa shape index (κ1) is 17.7. The average molecular weight is 354 g/mol. The van der Waals surface area contributed by atoms with Gasteiger partial charge in [-0.25, -0.2) is 0 Å². The summed E-state index contributed by atoms with van der Waals surface area (Å²) in [4.78, 5) is 26.5. The Bertz CT molecular complexity index is 704. The molecule has 1 aromatic carbocycles. The third-order valence-corrected chi connectivity index (χ3v) is 3.29. The van der Waals surface area contributed by atoms with Gasteiger partial charge in [0.1, 0.15) is 0 Å². The summed E-state index contributed by atoms with van der Waals surface area (Å²) in [5.74, 6) is -0.412. The van der Waals surface area contributed by atoms with Crippen LogP contribution in [0.15, 0.2) is 28.8 Å². The van der Waals surface area contributed by atoms with E-state index >= 15 is 0 Å². The molecular formula is C15H16ClN3O5. The zero-order chi connectivity index (χ0) is 17.4. The monoisotopic (exact) mass is 353 g/mol. The van der Waals surface area contributed by atoms with E-state index in [1.165, 1.54) is 7.11 Å². The molecule has 0 spiro atoms. The van der Waals surface area contributed by atoms with Gasteiger partial charge in [0.2, 0.25) is 5.82 Å². The molecule has 0 aliphatic rings. The molecule has 128 valence electrons. The number of aromatic nitrogens is 2. The maximum absolute atomic E-state index is 11.6. The van der Waals surface area contributed by atoms with Gasteiger partial charge in [0.15, 0.2) is 6.61 Å². The number of hydrogen-bond acceptors (Lipinski definition) is 7. The molecule has 24 heavy (non-hydrogen) atoms. The first-order valence-corrected chi connectivity index (χ1v) is 7.53. The molecule has 2 aromatic rings. The SMILES string of the molecule is COC(=O)CCCNC(=O)COc1nc(-c2ccccc2Cl)no1. The van der Waals surface area contributed by atoms with Gasteiger partial charge in [-0.3, -0.25) is 14.1 Å². The van der Waals surface area contributed by atoms with Crippen molar-refractivity contribution in [2.24, 2.45) is 0 Å². The number of benzene rings is 1. The highest BCUT2D eigenvalue weighted by Crippen LogP contribution is 2.26. The molecule has 8 nitrogen and oxygen atoms in total. The van der Waals surface area contributed by atoms with Crippen LogP contribution in [0.4, 0.5) is 0 Å². The van der Waals surface area contributed by atoms with Crippen LogP contribution in [-0.2, 0) is 14.3 Å². The zero-order valence-electron chi connectivity index (χ0n) is 13.0. The van der Waals surface area contributed by atoms with E-state index in [-0.39, 0.29) is 36.8 Å². The number of rotatable bonds is 8. The van der Waals surface area contributed by atoms with Crippen LogP contribution < -0.4 is 10.1 Å². The van der Waals surface area contributed by atoms with Crippen LogP contribution in [0.5, 0.6) is 6.08 Å². The summed E-state index contributed by atoms with van der Waals surface area (Å²) in [6, 6.07) is 7.02. The average Bonchev–Trinajstić information content (AvgIpc) is 3.05. The van der Waals surface area contributed by atoms with Crippen molar-refractivity contribution < 1.29 is 23.6 Å². The number of methoxy groups -OCH3 is 1. The van der Waals surface area contributed by atoms with E-state index in [0.29, 0.717) is 23.6 Å². The molecule has 0 aliphatic heterocycles. The standard InChI is InChI=1S/C15H16ClN3O5/c1-22-13(21)7-4-8-17-12(20)9-23-15-18-14(19-24-15)10-5-2-3-6-11(10)16/h2-3,5-6H,4,7-9H2,1H3,(H,17,20). The van der Waals surface area contributed by atoms with Crippen LogP contribution in [0.3, 0.4) is 0 Å². The first-order chi connectivity index (χ1) is 11.6. The quantitative estimate of drug-likeness (QED) is 0.570. The molecule has 1 N–H and O–H groups in total. The van der Waals surface area contributed by atoms with Gasteiger partial charge in [0, 0.05) is 18.5 Å². The molecule has 9 heteroatoms. The van der Waals surface area contributed by atoms with Gasteiger partial charge in [-0.1, -0.05) is 28.9 Å². The molecule has 0 radical (unpaired) electrons. The number of carbonyl (C=O) groups excluding carboxylic acids is 2. The third-order valence-electron chi connectivity index (χ3n) is 2.96. The highest BCUT2D eigenvalue weighted by Gasteiger charge is 2.13. The lowest BCUT2D eigenvalue weighted by Gasteiger charge is -2.04. The molecule has 0 fully saturated rings. The lowest BCUT2D eigenvalue weighted by Crippen LogP contribution is -2.30. The molecule has 0 bridgehead atoms. The highest BCUT2D eigenvalue weighted by molar-refractivity contribution is 6.33. The maximum Gasteiger partial charge on any atom is 0.418 e. The fraction of sp³-hybridized carbons (Fsp3) is 0.333. The van der Waals surface area contributed by atoms with Crippen molar-refractivity contribution in [2.75, 3.05) is 20.3 Å². The number of ether oxygens (including phenoxy) is 2. The molecule has 1 amide bonds. The summed E-state index contributed by atoms with van der Waals surface area (Å²) in [6.45, 7) is 0.0639. The summed E-state index contributed by atoms with van der Waals surface area (Å²) < 4.78 is 14.5. The van der Waals surface area contributed by atoms with Gasteiger partial charge in [-0.05, 0) is 18.6 Å². The Morgan fingerprint density at radius 3 is 2.88 bits per heavy atom. The normalized spacial score (nSPS) is 10.2. The predicted molar refractivity (Wildman–Crippen MR) is 84.5 cm³/mol. The van der Waals surface area contributed by atoms with Crippen LogP contribution in [0.1, 0.15) is 12.8 Å². The van der Waals surface area contributed by atoms with Gasteiger partial charge in [0.25, 0.3) is 5.91 Å². The smallest absolute Gasteiger partial charge is 0.418 e. The van der Waals surface area contributed by atoms with Crippen molar-refractivity contribution >= 4 is 23.5 Å². The minimum absolute atomic E-state index is 0.130. The Labute approximate surface area is 143 Å². The molecule has 0 saturated carbocycles. The molecule has 1 aromatic heterocycles. The fourth-order valence-corrected chi connectivity index (χ4v) is 1.98. The number of carbonyl (C=O) groups is 2. The topological polar surface area (TPSA) is 104 Å². The van der Waals surface area contributed by atoms with Crippen LogP contribution in [0, 0.1) is 0 Å². The Kier molecular flexibility index (Phi) is 6.56. The van der Waals surface area contributed by atoms with E-state index in [4.69, 9.17) is 20.9 Å². The molecule has 0 saturated heterocycles. The summed E-state index contributed by atoms with van der Waals surface area (Å²) in [5.41, 5.74) is 0.602. The van der Waals surface area contributed by atoms with E-state index in [2.05, 4.69) is 20.2 Å². The number of nitrogens with zero attached hydrogens (tertiary/aromatic N) is 2. The number of esters is 1. The number of halogens is 1. The van der Waals surface area contributed by atoms with Gasteiger partial charge in [-0.15, -0.1) is 0 Å². The molecule has 0 unspecified atom stereocenters. The lowest BCUT2D eigenvalue weighted by molar-refractivity contribution is -0.140. The van der Waals surface area contributed by atoms with Crippen LogP contribution in [0.2, 0.25) is 5.02 Å². The summed E-state index contributed by atoms with van der Waals surface area (Å²) >= 11 is 6.04. The van der Waals surface area contributed by atoms with Gasteiger partial charge < -0.3 is 14.8 Å². The molecule has 0 aliphatic carbocycles. The minimum atomic E-state index is -0.364. The predicted octanol–water partition coefficient (Wildman–Crippen LogP) is 1.84. The largest absolute Gasteiger partial charge is 0.469 e. The summed E-state index contributed by atoms with van der Waals surface area (Å²) in [5, 5.41) is 6.83. The second-order valence-electron chi connectivity index (χ2n) is 4.68. The Balaban J connectivity index is 1.76. The van der Waals surface area contributed by atoms with Gasteiger partial charge in [0.05, 0.1) is 12.1 Å². The second kappa shape index (κ2) is 8.88. The van der Waals surface area contributed by atoms with Crippen LogP contribution in [-0.4, -0.2) is 42.3 Å². The van der Waals surface area contributed by atoms with Crippen LogP contribution >= 0.6 is 11.6 Å². The van der Waals surface area contributed by atoms with E-state index < -0.39 is 0 Å². The van der Waals surface area contributed by atoms with Crippen molar-refractivity contribution in [3.63, 3.8) is 0 Å². The Morgan fingerprint density at radius 1 is 1.33 bits per heavy atom. The van der Waals surface area contributed by atoms with Crippen molar-refractivity contribution in [2.45, 2.75) is 12.8 Å². The van der Waals surface area contributed by atoms with E-state index in [0.717, 1.165) is 0 Å². The first-order valence-electron chi connectivity index (χ1n) is 7.15. The summed E-state index contributed by atoms with van der Waals surface area (Å²) in [7, 11) is 1.32. The number of nitrogens with one attached hydrogen (secondary N) is 1. The van der Waals surface area contributed by atoms with Gasteiger partial charge >= 0.3 is 12.0 Å². The molecule has 2 rings (SSSR count). The fourth-order valence-electron chi connectivity index (χ4n) is 1.76. The maximum atomic E-state index is 11.6. The van der Waals surface area contributed by atoms with E-state index in [1.807, 2.05) is 0 Å². The molecular weight excluding hydrogens is 338 g/mol. The van der Waals surface area contributed by atoms with E-state index in [9.17, 15) is 9.59 Å². The highest BCUT2D eigenvalue weighted by atomic mass is 35.5. The Hall–Kier alpha value is -2.61. The number of hydrogen-bond donors (Lipinski definition) is 1. The van der Waals surface area contributed by atoms with Crippen molar-refractivity contribution in [1.29, 1.82) is 0 Å². The number of amides is 1. The minimum Gasteiger partial charge on any atom is -0.469 e. The van der Waals surface area contributed by atoms with Crippen molar-refractivity contribution in [3.05, 3.63) is 29.3 Å². The van der Waals surface area contributed by atoms with Crippen molar-refractivity contribution in [1.82, 2.24) is 15.5 Å². The summed E-state index contributed by atoms with van der Waals surface area (Å²) in [6.07, 6.45) is 0.590. The Morgan fingerprint density at radius 2 is 2.12 bits per heavy atom. The zero-order valence-corrected chi connectivity index (χ0v) is 13.7. The third kappa shape index (κ3) is 5.24. The van der Waals surface area contributed by atoms with E-state index in [1.54, 1.807) is 24.3 Å².